The molecule has 25 heavy (non-hydrogen) atoms. The molecule has 0 saturated heterocycles. The van der Waals surface area contributed by atoms with Crippen molar-refractivity contribution in [3.05, 3.63) is 29.8 Å². The zero-order valence-corrected chi connectivity index (χ0v) is 17.3. The first kappa shape index (κ1) is 23.8. The summed E-state index contributed by atoms with van der Waals surface area (Å²) in [5.74, 6) is 0.784. The lowest BCUT2D eigenvalue weighted by Gasteiger charge is -2.13. The molecule has 5 nitrogen and oxygen atoms in total. The van der Waals surface area contributed by atoms with Crippen molar-refractivity contribution in [2.45, 2.75) is 46.5 Å². The van der Waals surface area contributed by atoms with E-state index in [0.717, 1.165) is 6.42 Å². The van der Waals surface area contributed by atoms with Crippen LogP contribution in [0.2, 0.25) is 0 Å². The highest BCUT2D eigenvalue weighted by Crippen LogP contribution is 2.20. The van der Waals surface area contributed by atoms with Crippen molar-refractivity contribution >= 4 is 29.9 Å². The van der Waals surface area contributed by atoms with Gasteiger partial charge in [-0.25, -0.2) is 4.99 Å². The Labute approximate surface area is 165 Å². The lowest BCUT2D eigenvalue weighted by atomic mass is 10.2. The Bertz CT molecular complexity index is 503. The molecule has 0 aliphatic heterocycles. The minimum atomic E-state index is -2.84. The molecule has 0 radical (unpaired) electrons. The first-order valence-electron chi connectivity index (χ1n) is 8.19. The van der Waals surface area contributed by atoms with Crippen molar-refractivity contribution in [1.29, 1.82) is 0 Å². The van der Waals surface area contributed by atoms with Crippen LogP contribution in [0.1, 0.15) is 32.8 Å². The molecule has 0 aliphatic carbocycles. The van der Waals surface area contributed by atoms with Gasteiger partial charge in [0, 0.05) is 25.3 Å². The van der Waals surface area contributed by atoms with Gasteiger partial charge in [0.25, 0.3) is 0 Å². The molecule has 0 bridgehead atoms. The molecule has 0 atom stereocenters. The van der Waals surface area contributed by atoms with E-state index >= 15 is 0 Å². The average Bonchev–Trinajstić information content (AvgIpc) is 2.52. The highest BCUT2D eigenvalue weighted by molar-refractivity contribution is 14.0. The van der Waals surface area contributed by atoms with Crippen LogP contribution in [-0.2, 0) is 11.3 Å². The molecule has 1 aromatic rings. The molecule has 0 fully saturated rings. The molecule has 1 aromatic carbocycles. The van der Waals surface area contributed by atoms with Crippen LogP contribution in [-0.4, -0.2) is 38.4 Å². The van der Waals surface area contributed by atoms with Crippen molar-refractivity contribution in [1.82, 2.24) is 10.6 Å². The second-order valence-electron chi connectivity index (χ2n) is 5.38. The largest absolute Gasteiger partial charge is 0.434 e. The van der Waals surface area contributed by atoms with Gasteiger partial charge < -0.3 is 20.1 Å². The normalized spacial score (nSPS) is 11.4. The maximum absolute atomic E-state index is 12.4. The molecule has 0 heterocycles. The number of aliphatic imine (C=N–C) groups is 1. The van der Waals surface area contributed by atoms with Crippen LogP contribution in [0.15, 0.2) is 29.3 Å². The molecule has 0 spiro atoms. The molecule has 1 rings (SSSR count). The summed E-state index contributed by atoms with van der Waals surface area (Å²) in [6.07, 6.45) is 1.08. The monoisotopic (exact) mass is 471 g/mol. The summed E-state index contributed by atoms with van der Waals surface area (Å²) in [6.45, 7) is 5.47. The number of hydrogen-bond acceptors (Lipinski definition) is 3. The van der Waals surface area contributed by atoms with Crippen LogP contribution in [0.3, 0.4) is 0 Å². The Morgan fingerprint density at radius 3 is 2.56 bits per heavy atom. The van der Waals surface area contributed by atoms with E-state index in [1.807, 2.05) is 20.8 Å². The van der Waals surface area contributed by atoms with Gasteiger partial charge in [-0.3, -0.25) is 0 Å². The number of nitrogens with one attached hydrogen (secondary N) is 2. The quantitative estimate of drug-likeness (QED) is 0.236. The highest BCUT2D eigenvalue weighted by Gasteiger charge is 2.08. The van der Waals surface area contributed by atoms with E-state index in [1.54, 1.807) is 18.2 Å². The van der Waals surface area contributed by atoms with Crippen LogP contribution in [0.4, 0.5) is 8.78 Å². The van der Waals surface area contributed by atoms with Crippen LogP contribution in [0, 0.1) is 0 Å². The van der Waals surface area contributed by atoms with Crippen molar-refractivity contribution in [3.8, 4) is 5.75 Å². The minimum Gasteiger partial charge on any atom is -0.434 e. The zero-order chi connectivity index (χ0) is 17.8. The van der Waals surface area contributed by atoms with E-state index in [-0.39, 0.29) is 42.4 Å². The summed E-state index contributed by atoms with van der Waals surface area (Å²) >= 11 is 0. The Morgan fingerprint density at radius 2 is 1.92 bits per heavy atom. The molecule has 0 amide bonds. The fraction of sp³-hybridized carbons (Fsp3) is 0.588. The number of alkyl halides is 2. The van der Waals surface area contributed by atoms with Gasteiger partial charge in [0.05, 0.1) is 12.6 Å². The van der Waals surface area contributed by atoms with E-state index in [2.05, 4.69) is 20.4 Å². The van der Waals surface area contributed by atoms with E-state index in [4.69, 9.17) is 4.74 Å². The summed E-state index contributed by atoms with van der Waals surface area (Å²) in [4.78, 5) is 4.41. The third-order valence-electron chi connectivity index (χ3n) is 3.01. The van der Waals surface area contributed by atoms with Crippen LogP contribution < -0.4 is 15.4 Å². The summed E-state index contributed by atoms with van der Waals surface area (Å²) in [5.41, 5.74) is 0.609. The summed E-state index contributed by atoms with van der Waals surface area (Å²) in [6, 6.07) is 6.66. The number of rotatable bonds is 10. The Kier molecular flexibility index (Phi) is 13.4. The van der Waals surface area contributed by atoms with Crippen molar-refractivity contribution in [2.75, 3.05) is 19.7 Å². The Hall–Kier alpha value is -1.16. The minimum absolute atomic E-state index is 0. The van der Waals surface area contributed by atoms with E-state index in [1.165, 1.54) is 6.07 Å². The Morgan fingerprint density at radius 1 is 1.20 bits per heavy atom. The second-order valence-corrected chi connectivity index (χ2v) is 5.38. The molecule has 0 aliphatic rings. The zero-order valence-electron chi connectivity index (χ0n) is 14.9. The standard InChI is InChI=1S/C17H27F2N3O2.HI/c1-4-20-17(21-10-7-11-23-13(2)3)22-12-14-8-5-6-9-15(14)24-16(18)19;/h5-6,8-9,13,16H,4,7,10-12H2,1-3H3,(H2,20,21,22);1H. The van der Waals surface area contributed by atoms with Crippen molar-refractivity contribution in [3.63, 3.8) is 0 Å². The number of hydrogen-bond donors (Lipinski definition) is 2. The number of para-hydroxylation sites is 1. The van der Waals surface area contributed by atoms with Gasteiger partial charge in [-0.1, -0.05) is 18.2 Å². The molecule has 0 unspecified atom stereocenters. The topological polar surface area (TPSA) is 54.9 Å². The highest BCUT2D eigenvalue weighted by atomic mass is 127. The van der Waals surface area contributed by atoms with Crippen LogP contribution in [0.25, 0.3) is 0 Å². The fourth-order valence-electron chi connectivity index (χ4n) is 1.95. The molecule has 0 aromatic heterocycles. The van der Waals surface area contributed by atoms with Crippen LogP contribution in [0.5, 0.6) is 5.75 Å². The molecular formula is C17H28F2IN3O2. The van der Waals surface area contributed by atoms with Crippen LogP contribution >= 0.6 is 24.0 Å². The summed E-state index contributed by atoms with van der Waals surface area (Å²) in [7, 11) is 0. The molecule has 2 N–H and O–H groups in total. The molecule has 8 heteroatoms. The number of halogens is 3. The number of ether oxygens (including phenoxy) is 2. The SMILES string of the molecule is CCNC(=NCc1ccccc1OC(F)F)NCCCOC(C)C.I. The second kappa shape index (κ2) is 14.1. The van der Waals surface area contributed by atoms with Gasteiger partial charge in [0.2, 0.25) is 0 Å². The van der Waals surface area contributed by atoms with Gasteiger partial charge >= 0.3 is 6.61 Å². The number of benzene rings is 1. The Balaban J connectivity index is 0.00000576. The lowest BCUT2D eigenvalue weighted by molar-refractivity contribution is -0.0504. The third-order valence-corrected chi connectivity index (χ3v) is 3.01. The van der Waals surface area contributed by atoms with Crippen molar-refractivity contribution in [2.24, 2.45) is 4.99 Å². The maximum atomic E-state index is 12.4. The smallest absolute Gasteiger partial charge is 0.387 e. The van der Waals surface area contributed by atoms with Gasteiger partial charge in [-0.05, 0) is 33.3 Å². The molecule has 144 valence electrons. The lowest BCUT2D eigenvalue weighted by Crippen LogP contribution is -2.38. The predicted molar refractivity (Wildman–Crippen MR) is 107 cm³/mol. The van der Waals surface area contributed by atoms with E-state index < -0.39 is 6.61 Å². The first-order chi connectivity index (χ1) is 11.5. The van der Waals surface area contributed by atoms with Gasteiger partial charge in [0.15, 0.2) is 5.96 Å². The van der Waals surface area contributed by atoms with Gasteiger partial charge in [-0.15, -0.1) is 24.0 Å². The van der Waals surface area contributed by atoms with Crippen molar-refractivity contribution < 1.29 is 18.3 Å². The summed E-state index contributed by atoms with van der Waals surface area (Å²) < 4.78 is 34.8. The van der Waals surface area contributed by atoms with E-state index in [0.29, 0.717) is 31.2 Å². The first-order valence-corrected chi connectivity index (χ1v) is 8.19. The van der Waals surface area contributed by atoms with Gasteiger partial charge in [0.1, 0.15) is 5.75 Å². The fourth-order valence-corrected chi connectivity index (χ4v) is 1.95. The van der Waals surface area contributed by atoms with Gasteiger partial charge in [-0.2, -0.15) is 8.78 Å². The number of guanidine groups is 1. The predicted octanol–water partition coefficient (Wildman–Crippen LogP) is 3.78. The number of nitrogens with zero attached hydrogens (tertiary/aromatic N) is 1. The molecule has 0 saturated carbocycles. The molecular weight excluding hydrogens is 443 g/mol. The summed E-state index contributed by atoms with van der Waals surface area (Å²) in [5, 5.41) is 6.32. The maximum Gasteiger partial charge on any atom is 0.387 e. The average molecular weight is 471 g/mol. The van der Waals surface area contributed by atoms with E-state index in [9.17, 15) is 8.78 Å². The third kappa shape index (κ3) is 11.1.